The molecule has 1 aliphatic heterocycles. The van der Waals surface area contributed by atoms with Gasteiger partial charge in [-0.2, -0.15) is 4.31 Å². The molecule has 5 nitrogen and oxygen atoms in total. The van der Waals surface area contributed by atoms with Crippen molar-refractivity contribution in [2.75, 3.05) is 13.1 Å². The van der Waals surface area contributed by atoms with Crippen molar-refractivity contribution in [1.29, 1.82) is 0 Å². The van der Waals surface area contributed by atoms with E-state index in [9.17, 15) is 17.6 Å². The number of rotatable bonds is 5. The summed E-state index contributed by atoms with van der Waals surface area (Å²) < 4.78 is 40.6. The van der Waals surface area contributed by atoms with Gasteiger partial charge in [0, 0.05) is 30.2 Å². The smallest absolute Gasteiger partial charge is 0.251 e. The average molecular weight is 397 g/mol. The van der Waals surface area contributed by atoms with Gasteiger partial charge in [-0.05, 0) is 42.7 Å². The summed E-state index contributed by atoms with van der Waals surface area (Å²) in [7, 11) is -3.94. The summed E-state index contributed by atoms with van der Waals surface area (Å²) >= 11 is 6.05. The lowest BCUT2D eigenvalue weighted by Gasteiger charge is -2.16. The Hall–Kier alpha value is -1.96. The molecule has 0 saturated carbocycles. The molecular weight excluding hydrogens is 379 g/mol. The van der Waals surface area contributed by atoms with E-state index in [2.05, 4.69) is 5.32 Å². The number of hydrogen-bond donors (Lipinski definition) is 1. The van der Waals surface area contributed by atoms with Crippen molar-refractivity contribution in [1.82, 2.24) is 9.62 Å². The van der Waals surface area contributed by atoms with Gasteiger partial charge in [0.25, 0.3) is 5.91 Å². The molecule has 26 heavy (non-hydrogen) atoms. The maximum atomic E-state index is 14.1. The van der Waals surface area contributed by atoms with Gasteiger partial charge >= 0.3 is 0 Å². The van der Waals surface area contributed by atoms with Gasteiger partial charge < -0.3 is 5.32 Å². The summed E-state index contributed by atoms with van der Waals surface area (Å²) in [6.07, 6.45) is 1.50. The molecule has 0 aliphatic carbocycles. The van der Waals surface area contributed by atoms with E-state index in [4.69, 9.17) is 11.6 Å². The molecule has 1 amide bonds. The number of halogens is 2. The fourth-order valence-corrected chi connectivity index (χ4v) is 4.64. The van der Waals surface area contributed by atoms with Crippen molar-refractivity contribution in [2.45, 2.75) is 24.3 Å². The first-order valence-corrected chi connectivity index (χ1v) is 10.0. The van der Waals surface area contributed by atoms with Gasteiger partial charge in [-0.3, -0.25) is 4.79 Å². The van der Waals surface area contributed by atoms with Crippen molar-refractivity contribution in [3.05, 3.63) is 64.4 Å². The van der Waals surface area contributed by atoms with Gasteiger partial charge in [0.05, 0.1) is 0 Å². The van der Waals surface area contributed by atoms with Crippen LogP contribution in [0.15, 0.2) is 47.4 Å². The Morgan fingerprint density at radius 1 is 1.15 bits per heavy atom. The van der Waals surface area contributed by atoms with Crippen molar-refractivity contribution in [3.63, 3.8) is 0 Å². The highest BCUT2D eigenvalue weighted by molar-refractivity contribution is 7.89. The zero-order valence-electron chi connectivity index (χ0n) is 13.9. The molecule has 0 spiro atoms. The molecule has 1 N–H and O–H groups in total. The van der Waals surface area contributed by atoms with Crippen LogP contribution in [0.4, 0.5) is 4.39 Å². The van der Waals surface area contributed by atoms with Gasteiger partial charge in [-0.1, -0.05) is 29.8 Å². The molecule has 138 valence electrons. The van der Waals surface area contributed by atoms with Gasteiger partial charge in [0.15, 0.2) is 0 Å². The summed E-state index contributed by atoms with van der Waals surface area (Å²) in [6.45, 7) is 0.916. The van der Waals surface area contributed by atoms with Gasteiger partial charge in [-0.15, -0.1) is 0 Å². The summed E-state index contributed by atoms with van der Waals surface area (Å²) in [6, 6.07) is 10.4. The number of nitrogens with one attached hydrogen (secondary N) is 1. The second-order valence-corrected chi connectivity index (χ2v) is 8.34. The molecule has 0 unspecified atom stereocenters. The number of nitrogens with zero attached hydrogens (tertiary/aromatic N) is 1. The molecule has 1 aliphatic rings. The molecular formula is C18H18ClFN2O3S. The largest absolute Gasteiger partial charge is 0.348 e. The zero-order chi connectivity index (χ0) is 18.7. The second-order valence-electron chi connectivity index (χ2n) is 6.03. The highest BCUT2D eigenvalue weighted by atomic mass is 35.5. The Labute approximate surface area is 156 Å². The van der Waals surface area contributed by atoms with Crippen molar-refractivity contribution >= 4 is 27.5 Å². The van der Waals surface area contributed by atoms with E-state index in [1.165, 1.54) is 10.4 Å². The van der Waals surface area contributed by atoms with Crippen LogP contribution >= 0.6 is 11.6 Å². The first kappa shape index (κ1) is 18.8. The van der Waals surface area contributed by atoms with Crippen molar-refractivity contribution in [3.8, 4) is 0 Å². The first-order chi connectivity index (χ1) is 12.4. The molecule has 1 saturated heterocycles. The monoisotopic (exact) mass is 396 g/mol. The van der Waals surface area contributed by atoms with E-state index in [1.54, 1.807) is 24.3 Å². The van der Waals surface area contributed by atoms with Crippen LogP contribution in [0.5, 0.6) is 0 Å². The van der Waals surface area contributed by atoms with Gasteiger partial charge in [0.2, 0.25) is 10.0 Å². The minimum Gasteiger partial charge on any atom is -0.348 e. The van der Waals surface area contributed by atoms with Crippen LogP contribution in [0.2, 0.25) is 5.02 Å². The van der Waals surface area contributed by atoms with E-state index in [0.717, 1.165) is 30.5 Å². The molecule has 0 bridgehead atoms. The first-order valence-electron chi connectivity index (χ1n) is 8.21. The van der Waals surface area contributed by atoms with Crippen LogP contribution in [0.25, 0.3) is 0 Å². The molecule has 3 rings (SSSR count). The predicted octanol–water partition coefficient (Wildman–Crippen LogP) is 3.19. The van der Waals surface area contributed by atoms with E-state index in [-0.39, 0.29) is 12.1 Å². The molecule has 2 aromatic rings. The third kappa shape index (κ3) is 3.90. The van der Waals surface area contributed by atoms with Crippen LogP contribution in [-0.4, -0.2) is 31.7 Å². The highest BCUT2D eigenvalue weighted by Crippen LogP contribution is 2.24. The van der Waals surface area contributed by atoms with Crippen molar-refractivity contribution < 1.29 is 17.6 Å². The number of hydrogen-bond acceptors (Lipinski definition) is 3. The van der Waals surface area contributed by atoms with Crippen LogP contribution < -0.4 is 5.32 Å². The number of benzene rings is 2. The summed E-state index contributed by atoms with van der Waals surface area (Å²) in [5.41, 5.74) is 0.811. The van der Waals surface area contributed by atoms with Crippen LogP contribution in [0.1, 0.15) is 28.8 Å². The summed E-state index contributed by atoms with van der Waals surface area (Å²) in [4.78, 5) is 11.9. The highest BCUT2D eigenvalue weighted by Gasteiger charge is 2.30. The molecule has 2 aromatic carbocycles. The molecule has 8 heteroatoms. The van der Waals surface area contributed by atoms with Gasteiger partial charge in [0.1, 0.15) is 10.7 Å². The molecule has 0 aromatic heterocycles. The number of sulfonamides is 1. The Morgan fingerprint density at radius 2 is 1.85 bits per heavy atom. The number of amides is 1. The maximum Gasteiger partial charge on any atom is 0.251 e. The van der Waals surface area contributed by atoms with E-state index in [1.807, 2.05) is 0 Å². The second kappa shape index (κ2) is 7.73. The minimum absolute atomic E-state index is 0.0798. The minimum atomic E-state index is -3.94. The Morgan fingerprint density at radius 3 is 2.54 bits per heavy atom. The SMILES string of the molecule is O=C(NCc1ccccc1Cl)c1ccc(F)c(S(=O)(=O)N2CCCC2)c1. The third-order valence-electron chi connectivity index (χ3n) is 4.27. The normalized spacial score (nSPS) is 15.2. The predicted molar refractivity (Wildman–Crippen MR) is 97.0 cm³/mol. The summed E-state index contributed by atoms with van der Waals surface area (Å²) in [5.74, 6) is -1.36. The van der Waals surface area contributed by atoms with Crippen LogP contribution in [0.3, 0.4) is 0 Å². The standard InChI is InChI=1S/C18H18ClFN2O3S/c19-15-6-2-1-5-14(15)12-21-18(23)13-7-8-16(20)17(11-13)26(24,25)22-9-3-4-10-22/h1-2,5-8,11H,3-4,9-10,12H2,(H,21,23). The Kier molecular flexibility index (Phi) is 5.60. The third-order valence-corrected chi connectivity index (χ3v) is 6.56. The average Bonchev–Trinajstić information content (AvgIpc) is 3.16. The number of carbonyl (C=O) groups is 1. The quantitative estimate of drug-likeness (QED) is 0.844. The number of carbonyl (C=O) groups excluding carboxylic acids is 1. The Bertz CT molecular complexity index is 928. The molecule has 1 fully saturated rings. The topological polar surface area (TPSA) is 66.5 Å². The lowest BCUT2D eigenvalue weighted by Crippen LogP contribution is -2.29. The molecule has 1 heterocycles. The fourth-order valence-electron chi connectivity index (χ4n) is 2.83. The van der Waals surface area contributed by atoms with E-state index < -0.39 is 26.6 Å². The fraction of sp³-hybridized carbons (Fsp3) is 0.278. The van der Waals surface area contributed by atoms with Gasteiger partial charge in [-0.25, -0.2) is 12.8 Å². The summed E-state index contributed by atoms with van der Waals surface area (Å²) in [5, 5.41) is 3.19. The lowest BCUT2D eigenvalue weighted by atomic mass is 10.2. The lowest BCUT2D eigenvalue weighted by molar-refractivity contribution is 0.0950. The molecule has 0 radical (unpaired) electrons. The molecule has 0 atom stereocenters. The van der Waals surface area contributed by atoms with Crippen LogP contribution in [0, 0.1) is 5.82 Å². The zero-order valence-corrected chi connectivity index (χ0v) is 15.5. The van der Waals surface area contributed by atoms with Crippen molar-refractivity contribution in [2.24, 2.45) is 0 Å². The van der Waals surface area contributed by atoms with Crippen LogP contribution in [-0.2, 0) is 16.6 Å². The maximum absolute atomic E-state index is 14.1. The van der Waals surface area contributed by atoms with E-state index in [0.29, 0.717) is 18.1 Å². The Balaban J connectivity index is 1.80. The van der Waals surface area contributed by atoms with E-state index >= 15 is 0 Å².